The molecule has 0 unspecified atom stereocenters. The largest absolute Gasteiger partial charge is 0.363 e. The first-order chi connectivity index (χ1) is 7.95. The molecule has 1 N–H and O–H groups in total. The van der Waals surface area contributed by atoms with E-state index in [-0.39, 0.29) is 0 Å². The van der Waals surface area contributed by atoms with Gasteiger partial charge in [0.15, 0.2) is 5.11 Å². The van der Waals surface area contributed by atoms with Gasteiger partial charge in [-0.2, -0.15) is 4.31 Å². The van der Waals surface area contributed by atoms with E-state index in [1.54, 1.807) is 0 Å². The first-order valence-corrected chi connectivity index (χ1v) is 8.18. The van der Waals surface area contributed by atoms with Gasteiger partial charge in [0, 0.05) is 32.7 Å². The van der Waals surface area contributed by atoms with Gasteiger partial charge in [0.1, 0.15) is 0 Å². The molecule has 0 atom stereocenters. The molecule has 0 aromatic rings. The molecule has 0 radical (unpaired) electrons. The number of rotatable bonds is 4. The lowest BCUT2D eigenvalue weighted by Gasteiger charge is -2.34. The van der Waals surface area contributed by atoms with Crippen molar-refractivity contribution < 1.29 is 8.42 Å². The summed E-state index contributed by atoms with van der Waals surface area (Å²) in [7, 11) is -3.05. The number of nitrogens with zero attached hydrogens (tertiary/aromatic N) is 2. The van der Waals surface area contributed by atoms with Gasteiger partial charge in [-0.15, -0.1) is 0 Å². The maximum absolute atomic E-state index is 11.3. The summed E-state index contributed by atoms with van der Waals surface area (Å²) >= 11 is 5.27. The van der Waals surface area contributed by atoms with Crippen LogP contribution < -0.4 is 5.32 Å². The third-order valence-corrected chi connectivity index (χ3v) is 4.51. The Morgan fingerprint density at radius 2 is 1.88 bits per heavy atom. The number of unbranched alkanes of at least 4 members (excludes halogenated alkanes) is 1. The molecule has 17 heavy (non-hydrogen) atoms. The van der Waals surface area contributed by atoms with Gasteiger partial charge in [-0.3, -0.25) is 0 Å². The van der Waals surface area contributed by atoms with Crippen LogP contribution in [0.25, 0.3) is 0 Å². The first kappa shape index (κ1) is 14.7. The zero-order valence-corrected chi connectivity index (χ0v) is 12.1. The molecule has 1 rings (SSSR count). The molecule has 0 aromatic heterocycles. The number of nitrogens with one attached hydrogen (secondary N) is 1. The second kappa shape index (κ2) is 6.51. The molecule has 5 nitrogen and oxygen atoms in total. The monoisotopic (exact) mass is 279 g/mol. The molecule has 100 valence electrons. The summed E-state index contributed by atoms with van der Waals surface area (Å²) in [6.45, 7) is 5.41. The van der Waals surface area contributed by atoms with Crippen LogP contribution in [-0.4, -0.2) is 61.7 Å². The summed E-state index contributed by atoms with van der Waals surface area (Å²) < 4.78 is 24.2. The minimum atomic E-state index is -3.05. The van der Waals surface area contributed by atoms with Crippen LogP contribution in [0.15, 0.2) is 0 Å². The molecular formula is C10H21N3O2S2. The highest BCUT2D eigenvalue weighted by atomic mass is 32.2. The van der Waals surface area contributed by atoms with E-state index < -0.39 is 10.0 Å². The Morgan fingerprint density at radius 3 is 2.35 bits per heavy atom. The van der Waals surface area contributed by atoms with Crippen molar-refractivity contribution in [2.45, 2.75) is 19.8 Å². The number of piperazine rings is 1. The molecule has 0 amide bonds. The van der Waals surface area contributed by atoms with E-state index >= 15 is 0 Å². The van der Waals surface area contributed by atoms with Gasteiger partial charge in [0.05, 0.1) is 6.26 Å². The van der Waals surface area contributed by atoms with Crippen molar-refractivity contribution in [3.05, 3.63) is 0 Å². The van der Waals surface area contributed by atoms with Crippen molar-refractivity contribution in [1.29, 1.82) is 0 Å². The third-order valence-electron chi connectivity index (χ3n) is 2.80. The lowest BCUT2D eigenvalue weighted by molar-refractivity contribution is 0.265. The number of hydrogen-bond acceptors (Lipinski definition) is 3. The van der Waals surface area contributed by atoms with Gasteiger partial charge in [-0.05, 0) is 18.6 Å². The minimum Gasteiger partial charge on any atom is -0.363 e. The molecule has 0 aromatic carbocycles. The van der Waals surface area contributed by atoms with Crippen LogP contribution >= 0.6 is 12.2 Å². The third kappa shape index (κ3) is 4.77. The highest BCUT2D eigenvalue weighted by molar-refractivity contribution is 7.88. The van der Waals surface area contributed by atoms with Crippen LogP contribution in [-0.2, 0) is 10.0 Å². The average molecular weight is 279 g/mol. The van der Waals surface area contributed by atoms with Gasteiger partial charge in [0.25, 0.3) is 0 Å². The van der Waals surface area contributed by atoms with E-state index in [1.807, 2.05) is 4.90 Å². The normalized spacial score (nSPS) is 18.1. The number of sulfonamides is 1. The first-order valence-electron chi connectivity index (χ1n) is 5.93. The van der Waals surface area contributed by atoms with E-state index in [0.717, 1.165) is 24.5 Å². The zero-order valence-electron chi connectivity index (χ0n) is 10.5. The summed E-state index contributed by atoms with van der Waals surface area (Å²) in [6.07, 6.45) is 3.49. The van der Waals surface area contributed by atoms with Gasteiger partial charge in [-0.1, -0.05) is 13.3 Å². The Kier molecular flexibility index (Phi) is 5.61. The number of thiocarbonyl (C=S) groups is 1. The van der Waals surface area contributed by atoms with Crippen molar-refractivity contribution in [2.24, 2.45) is 0 Å². The number of hydrogen-bond donors (Lipinski definition) is 1. The fourth-order valence-corrected chi connectivity index (χ4v) is 2.82. The lowest BCUT2D eigenvalue weighted by atomic mass is 10.3. The fourth-order valence-electron chi connectivity index (χ4n) is 1.71. The Bertz CT molecular complexity index is 349. The summed E-state index contributed by atoms with van der Waals surface area (Å²) in [5.41, 5.74) is 0. The quantitative estimate of drug-likeness (QED) is 0.590. The van der Waals surface area contributed by atoms with Crippen molar-refractivity contribution >= 4 is 27.4 Å². The van der Waals surface area contributed by atoms with E-state index in [9.17, 15) is 8.42 Å². The van der Waals surface area contributed by atoms with Crippen LogP contribution in [0.5, 0.6) is 0 Å². The molecule has 1 heterocycles. The molecule has 0 spiro atoms. The van der Waals surface area contributed by atoms with Gasteiger partial charge in [-0.25, -0.2) is 8.42 Å². The second-order valence-corrected chi connectivity index (χ2v) is 6.60. The van der Waals surface area contributed by atoms with Crippen LogP contribution in [0.2, 0.25) is 0 Å². The van der Waals surface area contributed by atoms with Crippen molar-refractivity contribution in [3.8, 4) is 0 Å². The Morgan fingerprint density at radius 1 is 1.29 bits per heavy atom. The van der Waals surface area contributed by atoms with Crippen LogP contribution in [0.3, 0.4) is 0 Å². The van der Waals surface area contributed by atoms with E-state index in [1.165, 1.54) is 10.6 Å². The molecule has 7 heteroatoms. The lowest BCUT2D eigenvalue weighted by Crippen LogP contribution is -2.52. The zero-order chi connectivity index (χ0) is 12.9. The van der Waals surface area contributed by atoms with Crippen molar-refractivity contribution in [3.63, 3.8) is 0 Å². The Hall–Kier alpha value is -0.400. The average Bonchev–Trinajstić information content (AvgIpc) is 2.28. The Balaban J connectivity index is 2.34. The molecule has 1 saturated heterocycles. The second-order valence-electron chi connectivity index (χ2n) is 4.23. The molecule has 0 aliphatic carbocycles. The van der Waals surface area contributed by atoms with Crippen molar-refractivity contribution in [1.82, 2.24) is 14.5 Å². The fraction of sp³-hybridized carbons (Fsp3) is 0.900. The topological polar surface area (TPSA) is 52.6 Å². The molecular weight excluding hydrogens is 258 g/mol. The van der Waals surface area contributed by atoms with E-state index in [2.05, 4.69) is 12.2 Å². The maximum Gasteiger partial charge on any atom is 0.211 e. The van der Waals surface area contributed by atoms with Crippen LogP contribution in [0.4, 0.5) is 0 Å². The molecule has 1 fully saturated rings. The predicted molar refractivity (Wildman–Crippen MR) is 73.5 cm³/mol. The highest BCUT2D eigenvalue weighted by Gasteiger charge is 2.24. The van der Waals surface area contributed by atoms with Crippen LogP contribution in [0, 0.1) is 0 Å². The summed E-state index contributed by atoms with van der Waals surface area (Å²) in [6, 6.07) is 0. The van der Waals surface area contributed by atoms with Gasteiger partial charge >= 0.3 is 0 Å². The van der Waals surface area contributed by atoms with Crippen LogP contribution in [0.1, 0.15) is 19.8 Å². The smallest absolute Gasteiger partial charge is 0.211 e. The predicted octanol–water partition coefficient (Wildman–Crippen LogP) is 0.238. The maximum atomic E-state index is 11.3. The Labute approximate surface area is 109 Å². The molecule has 1 aliphatic rings. The molecule has 0 saturated carbocycles. The molecule has 1 aliphatic heterocycles. The SMILES string of the molecule is CCCCNC(=S)N1CCN(S(C)(=O)=O)CC1. The minimum absolute atomic E-state index is 0.522. The van der Waals surface area contributed by atoms with E-state index in [0.29, 0.717) is 26.2 Å². The standard InChI is InChI=1S/C10H21N3O2S2/c1-3-4-5-11-10(16)12-6-8-13(9-7-12)17(2,14)15/h3-9H2,1-2H3,(H,11,16). The van der Waals surface area contributed by atoms with Crippen molar-refractivity contribution in [2.75, 3.05) is 39.0 Å². The summed E-state index contributed by atoms with van der Waals surface area (Å²) in [5, 5.41) is 3.94. The summed E-state index contributed by atoms with van der Waals surface area (Å²) in [4.78, 5) is 2.03. The van der Waals surface area contributed by atoms with Gasteiger partial charge < -0.3 is 10.2 Å². The van der Waals surface area contributed by atoms with E-state index in [4.69, 9.17) is 12.2 Å². The highest BCUT2D eigenvalue weighted by Crippen LogP contribution is 2.06. The summed E-state index contributed by atoms with van der Waals surface area (Å²) in [5.74, 6) is 0. The van der Waals surface area contributed by atoms with Gasteiger partial charge in [0.2, 0.25) is 10.0 Å². The molecule has 0 bridgehead atoms.